The Kier molecular flexibility index (Phi) is 2.00. The quantitative estimate of drug-likeness (QED) is 0.670. The number of hydrogen-bond donors (Lipinski definition) is 2. The molecule has 0 spiro atoms. The van der Waals surface area contributed by atoms with E-state index in [-0.39, 0.29) is 0 Å². The van der Waals surface area contributed by atoms with Crippen LogP contribution in [-0.2, 0) is 5.60 Å². The third-order valence-corrected chi connectivity index (χ3v) is 3.11. The summed E-state index contributed by atoms with van der Waals surface area (Å²) in [5, 5.41) is 12.2. The van der Waals surface area contributed by atoms with Crippen LogP contribution in [0.2, 0.25) is 0 Å². The molecule has 0 atom stereocenters. The second-order valence-corrected chi connectivity index (χ2v) is 4.87. The fourth-order valence-electron chi connectivity index (χ4n) is 2.12. The van der Waals surface area contributed by atoms with Crippen LogP contribution in [-0.4, -0.2) is 15.1 Å². The number of nitrogens with one attached hydrogen (secondary N) is 1. The van der Waals surface area contributed by atoms with Gasteiger partial charge in [-0.1, -0.05) is 6.07 Å². The Labute approximate surface area is 99.1 Å². The van der Waals surface area contributed by atoms with Crippen molar-refractivity contribution < 1.29 is 5.11 Å². The maximum Gasteiger partial charge on any atom is 0.0840 e. The average molecular weight is 226 g/mol. The highest BCUT2D eigenvalue weighted by Gasteiger charge is 2.17. The van der Waals surface area contributed by atoms with E-state index >= 15 is 0 Å². The van der Waals surface area contributed by atoms with Crippen molar-refractivity contribution in [2.75, 3.05) is 0 Å². The molecule has 3 rings (SSSR count). The summed E-state index contributed by atoms with van der Waals surface area (Å²) in [4.78, 5) is 7.48. The van der Waals surface area contributed by atoms with Crippen LogP contribution in [0.1, 0.15) is 19.4 Å². The van der Waals surface area contributed by atoms with Gasteiger partial charge in [-0.25, -0.2) is 0 Å². The highest BCUT2D eigenvalue weighted by molar-refractivity contribution is 6.06. The summed E-state index contributed by atoms with van der Waals surface area (Å²) in [6.07, 6.45) is 3.62. The van der Waals surface area contributed by atoms with Gasteiger partial charge in [-0.15, -0.1) is 0 Å². The highest BCUT2D eigenvalue weighted by atomic mass is 16.3. The Hall–Kier alpha value is -1.87. The fourth-order valence-corrected chi connectivity index (χ4v) is 2.12. The first-order chi connectivity index (χ1) is 8.05. The Balaban J connectivity index is 2.38. The second-order valence-electron chi connectivity index (χ2n) is 4.87. The summed E-state index contributed by atoms with van der Waals surface area (Å²) in [5.41, 5.74) is 2.23. The van der Waals surface area contributed by atoms with E-state index in [4.69, 9.17) is 0 Å². The molecule has 2 heterocycles. The summed E-state index contributed by atoms with van der Waals surface area (Å²) in [7, 11) is 0. The van der Waals surface area contributed by atoms with Crippen LogP contribution in [0.3, 0.4) is 0 Å². The average Bonchev–Trinajstić information content (AvgIpc) is 2.65. The van der Waals surface area contributed by atoms with Gasteiger partial charge in [-0.3, -0.25) is 4.98 Å². The topological polar surface area (TPSA) is 48.9 Å². The van der Waals surface area contributed by atoms with E-state index in [1.54, 1.807) is 20.0 Å². The van der Waals surface area contributed by atoms with Gasteiger partial charge in [0.2, 0.25) is 0 Å². The van der Waals surface area contributed by atoms with E-state index in [0.717, 1.165) is 27.4 Å². The summed E-state index contributed by atoms with van der Waals surface area (Å²) in [6, 6.07) is 7.93. The Morgan fingerprint density at radius 3 is 2.65 bits per heavy atom. The molecule has 3 heteroatoms. The van der Waals surface area contributed by atoms with Crippen molar-refractivity contribution in [2.24, 2.45) is 0 Å². The van der Waals surface area contributed by atoms with Crippen LogP contribution in [0.4, 0.5) is 0 Å². The third kappa shape index (κ3) is 1.59. The lowest BCUT2D eigenvalue weighted by molar-refractivity contribution is 0.0787. The smallest absolute Gasteiger partial charge is 0.0840 e. The predicted molar refractivity (Wildman–Crippen MR) is 68.8 cm³/mol. The molecular formula is C14H14N2O. The minimum atomic E-state index is -0.819. The molecule has 3 aromatic rings. The van der Waals surface area contributed by atoms with Crippen LogP contribution < -0.4 is 0 Å². The summed E-state index contributed by atoms with van der Waals surface area (Å²) in [6.45, 7) is 3.59. The zero-order chi connectivity index (χ0) is 12.0. The molecule has 0 saturated heterocycles. The van der Waals surface area contributed by atoms with Crippen LogP contribution in [0.25, 0.3) is 21.8 Å². The third-order valence-electron chi connectivity index (χ3n) is 3.11. The number of pyridine rings is 1. The molecule has 2 N–H and O–H groups in total. The molecule has 1 aromatic carbocycles. The lowest BCUT2D eigenvalue weighted by Crippen LogP contribution is -2.14. The molecule has 0 bridgehead atoms. The zero-order valence-electron chi connectivity index (χ0n) is 9.86. The number of nitrogens with zero attached hydrogens (tertiary/aromatic N) is 1. The van der Waals surface area contributed by atoms with Crippen molar-refractivity contribution in [2.45, 2.75) is 19.4 Å². The van der Waals surface area contributed by atoms with Crippen LogP contribution in [0.15, 0.2) is 36.7 Å². The van der Waals surface area contributed by atoms with Gasteiger partial charge in [-0.05, 0) is 37.6 Å². The number of rotatable bonds is 1. The number of fused-ring (bicyclic) bond motifs is 3. The summed E-state index contributed by atoms with van der Waals surface area (Å²) < 4.78 is 0. The molecule has 3 nitrogen and oxygen atoms in total. The van der Waals surface area contributed by atoms with E-state index in [1.807, 2.05) is 30.5 Å². The first-order valence-electron chi connectivity index (χ1n) is 5.64. The van der Waals surface area contributed by atoms with E-state index in [1.165, 1.54) is 0 Å². The predicted octanol–water partition coefficient (Wildman–Crippen LogP) is 2.94. The first kappa shape index (κ1) is 10.3. The van der Waals surface area contributed by atoms with Gasteiger partial charge in [0, 0.05) is 34.2 Å². The molecule has 0 aliphatic heterocycles. The largest absolute Gasteiger partial charge is 0.386 e. The van der Waals surface area contributed by atoms with E-state index in [9.17, 15) is 5.11 Å². The molecule has 0 amide bonds. The van der Waals surface area contributed by atoms with Gasteiger partial charge in [0.25, 0.3) is 0 Å². The minimum Gasteiger partial charge on any atom is -0.386 e. The van der Waals surface area contributed by atoms with Crippen LogP contribution in [0.5, 0.6) is 0 Å². The Morgan fingerprint density at radius 2 is 1.88 bits per heavy atom. The molecule has 0 aliphatic carbocycles. The van der Waals surface area contributed by atoms with Gasteiger partial charge in [0.05, 0.1) is 5.60 Å². The number of aromatic nitrogens is 2. The number of aromatic amines is 1. The molecular weight excluding hydrogens is 212 g/mol. The lowest BCUT2D eigenvalue weighted by atomic mass is 9.97. The van der Waals surface area contributed by atoms with Crippen LogP contribution in [0, 0.1) is 0 Å². The van der Waals surface area contributed by atoms with Crippen molar-refractivity contribution in [1.82, 2.24) is 9.97 Å². The number of hydrogen-bond acceptors (Lipinski definition) is 2. The van der Waals surface area contributed by atoms with Gasteiger partial charge >= 0.3 is 0 Å². The second kappa shape index (κ2) is 3.31. The maximum absolute atomic E-state index is 10.0. The summed E-state index contributed by atoms with van der Waals surface area (Å²) in [5.74, 6) is 0. The van der Waals surface area contributed by atoms with E-state index < -0.39 is 5.60 Å². The van der Waals surface area contributed by atoms with E-state index in [0.29, 0.717) is 0 Å². The van der Waals surface area contributed by atoms with Crippen molar-refractivity contribution in [3.8, 4) is 0 Å². The molecule has 86 valence electrons. The highest BCUT2D eigenvalue weighted by Crippen LogP contribution is 2.29. The normalized spacial score (nSPS) is 12.4. The van der Waals surface area contributed by atoms with Gasteiger partial charge in [-0.2, -0.15) is 0 Å². The molecule has 0 fully saturated rings. The van der Waals surface area contributed by atoms with Crippen molar-refractivity contribution in [3.63, 3.8) is 0 Å². The molecule has 0 unspecified atom stereocenters. The van der Waals surface area contributed by atoms with Crippen molar-refractivity contribution in [1.29, 1.82) is 0 Å². The zero-order valence-corrected chi connectivity index (χ0v) is 9.86. The van der Waals surface area contributed by atoms with Gasteiger partial charge in [0.15, 0.2) is 0 Å². The van der Waals surface area contributed by atoms with Crippen LogP contribution >= 0.6 is 0 Å². The minimum absolute atomic E-state index is 0.819. The molecule has 0 aliphatic rings. The SMILES string of the molecule is CC(C)(O)c1ccc2[nH]c3ccncc3c2c1. The lowest BCUT2D eigenvalue weighted by Gasteiger charge is -2.17. The van der Waals surface area contributed by atoms with Gasteiger partial charge < -0.3 is 10.1 Å². The van der Waals surface area contributed by atoms with Gasteiger partial charge in [0.1, 0.15) is 0 Å². The van der Waals surface area contributed by atoms with Crippen molar-refractivity contribution in [3.05, 3.63) is 42.2 Å². The molecule has 17 heavy (non-hydrogen) atoms. The Bertz CT molecular complexity index is 692. The first-order valence-corrected chi connectivity index (χ1v) is 5.64. The number of benzene rings is 1. The van der Waals surface area contributed by atoms with E-state index in [2.05, 4.69) is 9.97 Å². The molecule has 0 radical (unpaired) electrons. The standard InChI is InChI=1S/C14H14N2O/c1-14(2,17)9-3-4-12-10(7-9)11-8-15-6-5-13(11)16-12/h3-8,16-17H,1-2H3. The summed E-state index contributed by atoms with van der Waals surface area (Å²) >= 11 is 0. The number of H-pyrrole nitrogens is 1. The maximum atomic E-state index is 10.0. The Morgan fingerprint density at radius 1 is 1.12 bits per heavy atom. The monoisotopic (exact) mass is 226 g/mol. The molecule has 0 saturated carbocycles. The molecule has 2 aromatic heterocycles. The fraction of sp³-hybridized carbons (Fsp3) is 0.214. The number of aliphatic hydroxyl groups is 1. The van der Waals surface area contributed by atoms with Crippen molar-refractivity contribution >= 4 is 21.8 Å².